The number of ether oxygens (including phenoxy) is 1. The summed E-state index contributed by atoms with van der Waals surface area (Å²) in [7, 11) is 1.31. The number of esters is 1. The fraction of sp³-hybridized carbons (Fsp3) is 0.222. The number of halogens is 2. The van der Waals surface area contributed by atoms with Crippen molar-refractivity contribution in [2.75, 3.05) is 7.11 Å². The number of methoxy groups -OCH3 is 1. The summed E-state index contributed by atoms with van der Waals surface area (Å²) in [6.07, 6.45) is 0.369. The molecule has 0 radical (unpaired) electrons. The Balaban J connectivity index is 2.17. The summed E-state index contributed by atoms with van der Waals surface area (Å²) in [6, 6.07) is 12.3. The molecule has 0 saturated heterocycles. The van der Waals surface area contributed by atoms with Crippen molar-refractivity contribution >= 4 is 43.7 Å². The van der Waals surface area contributed by atoms with Crippen LogP contribution in [0.15, 0.2) is 51.4 Å². The van der Waals surface area contributed by atoms with E-state index in [9.17, 15) is 9.59 Å². The van der Waals surface area contributed by atoms with Crippen LogP contribution in [0.1, 0.15) is 21.5 Å². The Bertz CT molecular complexity index is 724. The van der Waals surface area contributed by atoms with Gasteiger partial charge in [-0.2, -0.15) is 0 Å². The minimum Gasteiger partial charge on any atom is -0.467 e. The zero-order chi connectivity index (χ0) is 17.7. The normalized spacial score (nSPS) is 11.7. The minimum atomic E-state index is -0.747. The summed E-state index contributed by atoms with van der Waals surface area (Å²) >= 11 is 6.70. The van der Waals surface area contributed by atoms with E-state index in [4.69, 9.17) is 4.74 Å². The number of carbonyl (C=O) groups is 2. The van der Waals surface area contributed by atoms with Crippen molar-refractivity contribution in [3.8, 4) is 0 Å². The van der Waals surface area contributed by atoms with Crippen LogP contribution >= 0.6 is 31.9 Å². The van der Waals surface area contributed by atoms with E-state index in [1.807, 2.05) is 37.3 Å². The largest absolute Gasteiger partial charge is 0.467 e. The van der Waals surface area contributed by atoms with Gasteiger partial charge in [0.1, 0.15) is 6.04 Å². The van der Waals surface area contributed by atoms with E-state index in [2.05, 4.69) is 37.2 Å². The molecule has 0 bridgehead atoms. The maximum absolute atomic E-state index is 12.5. The van der Waals surface area contributed by atoms with Crippen LogP contribution in [0.3, 0.4) is 0 Å². The lowest BCUT2D eigenvalue weighted by atomic mass is 10.0. The molecule has 0 aliphatic carbocycles. The van der Waals surface area contributed by atoms with Crippen LogP contribution in [0, 0.1) is 6.92 Å². The zero-order valence-corrected chi connectivity index (χ0v) is 16.5. The average molecular weight is 455 g/mol. The van der Waals surface area contributed by atoms with E-state index >= 15 is 0 Å². The Labute approximate surface area is 157 Å². The van der Waals surface area contributed by atoms with Crippen LogP contribution in [0.2, 0.25) is 0 Å². The number of nitrogens with one attached hydrogen (secondary N) is 1. The quantitative estimate of drug-likeness (QED) is 0.693. The first-order valence-electron chi connectivity index (χ1n) is 7.29. The predicted molar refractivity (Wildman–Crippen MR) is 100.0 cm³/mol. The molecule has 2 rings (SSSR count). The van der Waals surface area contributed by atoms with E-state index in [1.165, 1.54) is 7.11 Å². The van der Waals surface area contributed by atoms with E-state index in [1.54, 1.807) is 12.1 Å². The van der Waals surface area contributed by atoms with E-state index in [-0.39, 0.29) is 5.91 Å². The highest BCUT2D eigenvalue weighted by molar-refractivity contribution is 9.11. The van der Waals surface area contributed by atoms with Crippen molar-refractivity contribution in [2.45, 2.75) is 19.4 Å². The number of hydrogen-bond acceptors (Lipinski definition) is 3. The number of amides is 1. The number of hydrogen-bond donors (Lipinski definition) is 1. The second-order valence-electron chi connectivity index (χ2n) is 5.40. The first kappa shape index (κ1) is 18.7. The maximum Gasteiger partial charge on any atom is 0.328 e. The molecule has 0 aromatic heterocycles. The van der Waals surface area contributed by atoms with Gasteiger partial charge in [-0.05, 0) is 30.7 Å². The third kappa shape index (κ3) is 5.18. The monoisotopic (exact) mass is 453 g/mol. The highest BCUT2D eigenvalue weighted by atomic mass is 79.9. The van der Waals surface area contributed by atoms with Gasteiger partial charge in [-0.1, -0.05) is 61.7 Å². The van der Waals surface area contributed by atoms with Crippen LogP contribution < -0.4 is 5.32 Å². The van der Waals surface area contributed by atoms with Crippen LogP contribution in [0.4, 0.5) is 0 Å². The van der Waals surface area contributed by atoms with Crippen LogP contribution in [-0.4, -0.2) is 25.0 Å². The molecule has 2 aromatic carbocycles. The Kier molecular flexibility index (Phi) is 6.57. The highest BCUT2D eigenvalue weighted by Crippen LogP contribution is 2.20. The third-order valence-electron chi connectivity index (χ3n) is 3.48. The SMILES string of the molecule is COC(=O)[C@@H](Cc1ccc(C)cc1)NC(=O)c1cc(Br)cc(Br)c1. The fourth-order valence-corrected chi connectivity index (χ4v) is 3.52. The van der Waals surface area contributed by atoms with Crippen molar-refractivity contribution in [3.05, 3.63) is 68.1 Å². The van der Waals surface area contributed by atoms with Gasteiger partial charge >= 0.3 is 5.97 Å². The number of aryl methyl sites for hydroxylation is 1. The van der Waals surface area contributed by atoms with Crippen molar-refractivity contribution < 1.29 is 14.3 Å². The molecule has 4 nitrogen and oxygen atoms in total. The Hall–Kier alpha value is -1.66. The molecular weight excluding hydrogens is 438 g/mol. The van der Waals surface area contributed by atoms with Crippen molar-refractivity contribution in [1.29, 1.82) is 0 Å². The Morgan fingerprint density at radius 1 is 1.08 bits per heavy atom. The summed E-state index contributed by atoms with van der Waals surface area (Å²) < 4.78 is 6.37. The van der Waals surface area contributed by atoms with E-state index in [0.29, 0.717) is 12.0 Å². The summed E-state index contributed by atoms with van der Waals surface area (Å²) in [5.41, 5.74) is 2.54. The summed E-state index contributed by atoms with van der Waals surface area (Å²) in [4.78, 5) is 24.5. The van der Waals surface area contributed by atoms with E-state index in [0.717, 1.165) is 20.1 Å². The molecule has 0 unspecified atom stereocenters. The molecule has 1 atom stereocenters. The molecule has 1 N–H and O–H groups in total. The second-order valence-corrected chi connectivity index (χ2v) is 7.23. The highest BCUT2D eigenvalue weighted by Gasteiger charge is 2.23. The van der Waals surface area contributed by atoms with Crippen molar-refractivity contribution in [2.24, 2.45) is 0 Å². The lowest BCUT2D eigenvalue weighted by Gasteiger charge is -2.17. The van der Waals surface area contributed by atoms with Crippen LogP contribution in [0.25, 0.3) is 0 Å². The summed E-state index contributed by atoms with van der Waals surface area (Å²) in [5, 5.41) is 2.75. The Morgan fingerprint density at radius 2 is 1.67 bits per heavy atom. The lowest BCUT2D eigenvalue weighted by molar-refractivity contribution is -0.142. The molecular formula is C18H17Br2NO3. The third-order valence-corrected chi connectivity index (χ3v) is 4.39. The van der Waals surface area contributed by atoms with Crippen molar-refractivity contribution in [3.63, 3.8) is 0 Å². The predicted octanol–water partition coefficient (Wildman–Crippen LogP) is 4.03. The lowest BCUT2D eigenvalue weighted by Crippen LogP contribution is -2.43. The molecule has 0 fully saturated rings. The summed E-state index contributed by atoms with van der Waals surface area (Å²) in [6.45, 7) is 1.99. The molecule has 0 aliphatic heterocycles. The van der Waals surface area contributed by atoms with Gasteiger partial charge in [0.05, 0.1) is 7.11 Å². The van der Waals surface area contributed by atoms with Crippen LogP contribution in [0.5, 0.6) is 0 Å². The molecule has 24 heavy (non-hydrogen) atoms. The minimum absolute atomic E-state index is 0.334. The van der Waals surface area contributed by atoms with Gasteiger partial charge in [0.25, 0.3) is 5.91 Å². The molecule has 6 heteroatoms. The Morgan fingerprint density at radius 3 is 2.21 bits per heavy atom. The van der Waals surface area contributed by atoms with Gasteiger partial charge in [-0.3, -0.25) is 4.79 Å². The van der Waals surface area contributed by atoms with Crippen molar-refractivity contribution in [1.82, 2.24) is 5.32 Å². The first-order chi connectivity index (χ1) is 11.4. The van der Waals surface area contributed by atoms with Gasteiger partial charge in [0.15, 0.2) is 0 Å². The number of carbonyl (C=O) groups excluding carboxylic acids is 2. The van der Waals surface area contributed by atoms with Gasteiger partial charge in [-0.15, -0.1) is 0 Å². The van der Waals surface area contributed by atoms with Crippen LogP contribution in [-0.2, 0) is 16.0 Å². The zero-order valence-electron chi connectivity index (χ0n) is 13.3. The first-order valence-corrected chi connectivity index (χ1v) is 8.88. The van der Waals surface area contributed by atoms with Gasteiger partial charge in [0, 0.05) is 20.9 Å². The van der Waals surface area contributed by atoms with Gasteiger partial charge < -0.3 is 10.1 Å². The van der Waals surface area contributed by atoms with Gasteiger partial charge in [-0.25, -0.2) is 4.79 Å². The van der Waals surface area contributed by atoms with E-state index < -0.39 is 12.0 Å². The molecule has 126 valence electrons. The standard InChI is InChI=1S/C18H17Br2NO3/c1-11-3-5-12(6-4-11)7-16(18(23)24-2)21-17(22)13-8-14(19)10-15(20)9-13/h3-6,8-10,16H,7H2,1-2H3,(H,21,22)/t16-/m1/s1. The molecule has 0 aliphatic rings. The molecule has 0 saturated carbocycles. The fourth-order valence-electron chi connectivity index (χ4n) is 2.22. The molecule has 0 heterocycles. The van der Waals surface area contributed by atoms with Gasteiger partial charge in [0.2, 0.25) is 0 Å². The summed E-state index contributed by atoms with van der Waals surface area (Å²) in [5.74, 6) is -0.808. The molecule has 0 spiro atoms. The number of benzene rings is 2. The topological polar surface area (TPSA) is 55.4 Å². The smallest absolute Gasteiger partial charge is 0.328 e. The maximum atomic E-state index is 12.5. The second kappa shape index (κ2) is 8.44. The molecule has 2 aromatic rings. The average Bonchev–Trinajstić information content (AvgIpc) is 2.54. The molecule has 1 amide bonds. The number of rotatable bonds is 5.